The first-order chi connectivity index (χ1) is 7.72. The zero-order chi connectivity index (χ0) is 11.5. The lowest BCUT2D eigenvalue weighted by Gasteiger charge is -2.07. The zero-order valence-electron chi connectivity index (χ0n) is 8.52. The molecule has 0 heterocycles. The van der Waals surface area contributed by atoms with Crippen molar-refractivity contribution < 1.29 is 14.6 Å². The Hall–Kier alpha value is -1.87. The van der Waals surface area contributed by atoms with Crippen molar-refractivity contribution in [3.05, 3.63) is 53.8 Å². The van der Waals surface area contributed by atoms with Crippen molar-refractivity contribution in [2.45, 2.75) is 6.61 Å². The molecular formula is C13H11FO2. The second-order valence-electron chi connectivity index (χ2n) is 3.48. The number of phenols is 1. The molecule has 0 atom stereocenters. The Bertz CT molecular complexity index is 509. The second-order valence-corrected chi connectivity index (χ2v) is 3.48. The highest BCUT2D eigenvalue weighted by atomic mass is 19.1. The Kier molecular flexibility index (Phi) is 2.88. The van der Waals surface area contributed by atoms with Crippen LogP contribution in [-0.4, -0.2) is 10.2 Å². The van der Waals surface area contributed by atoms with Gasteiger partial charge in [-0.3, -0.25) is 0 Å². The van der Waals surface area contributed by atoms with Crippen molar-refractivity contribution in [2.24, 2.45) is 0 Å². The predicted molar refractivity (Wildman–Crippen MR) is 59.4 cm³/mol. The normalized spacial score (nSPS) is 10.4. The van der Waals surface area contributed by atoms with Gasteiger partial charge in [0.05, 0.1) is 6.61 Å². The van der Waals surface area contributed by atoms with E-state index >= 15 is 0 Å². The topological polar surface area (TPSA) is 40.5 Å². The van der Waals surface area contributed by atoms with Gasteiger partial charge in [-0.1, -0.05) is 30.3 Å². The Morgan fingerprint density at radius 1 is 1.06 bits per heavy atom. The first-order valence-electron chi connectivity index (χ1n) is 4.90. The van der Waals surface area contributed by atoms with Crippen LogP contribution in [0.15, 0.2) is 42.5 Å². The Labute approximate surface area is 92.6 Å². The molecule has 2 N–H and O–H groups in total. The van der Waals surface area contributed by atoms with Gasteiger partial charge in [-0.05, 0) is 28.8 Å². The van der Waals surface area contributed by atoms with E-state index in [1.54, 1.807) is 12.1 Å². The lowest BCUT2D eigenvalue weighted by atomic mass is 10.00. The Morgan fingerprint density at radius 3 is 2.50 bits per heavy atom. The van der Waals surface area contributed by atoms with Gasteiger partial charge < -0.3 is 10.2 Å². The van der Waals surface area contributed by atoms with Crippen LogP contribution in [0.4, 0.5) is 4.39 Å². The summed E-state index contributed by atoms with van der Waals surface area (Å²) in [4.78, 5) is 0. The van der Waals surface area contributed by atoms with Crippen LogP contribution in [0.2, 0.25) is 0 Å². The van der Waals surface area contributed by atoms with E-state index in [0.29, 0.717) is 5.56 Å². The highest BCUT2D eigenvalue weighted by Gasteiger charge is 2.06. The second kappa shape index (κ2) is 4.33. The van der Waals surface area contributed by atoms with Crippen molar-refractivity contribution in [3.8, 4) is 16.9 Å². The fourth-order valence-corrected chi connectivity index (χ4v) is 1.62. The first kappa shape index (κ1) is 10.6. The van der Waals surface area contributed by atoms with Crippen molar-refractivity contribution in [1.29, 1.82) is 0 Å². The number of halogens is 1. The van der Waals surface area contributed by atoms with Crippen LogP contribution >= 0.6 is 0 Å². The maximum absolute atomic E-state index is 12.9. The molecule has 0 radical (unpaired) electrons. The zero-order valence-corrected chi connectivity index (χ0v) is 8.52. The number of hydrogen-bond donors (Lipinski definition) is 2. The van der Waals surface area contributed by atoms with Gasteiger partial charge in [0.25, 0.3) is 0 Å². The van der Waals surface area contributed by atoms with Gasteiger partial charge in [0.2, 0.25) is 0 Å². The van der Waals surface area contributed by atoms with E-state index in [-0.39, 0.29) is 12.4 Å². The standard InChI is InChI=1S/C13H11FO2/c14-12-6-5-9(7-13(12)16)11-4-2-1-3-10(11)8-15/h1-7,15-16H,8H2. The van der Waals surface area contributed by atoms with Crippen LogP contribution in [-0.2, 0) is 6.61 Å². The van der Waals surface area contributed by atoms with Crippen molar-refractivity contribution in [3.63, 3.8) is 0 Å². The minimum absolute atomic E-state index is 0.0890. The number of aliphatic hydroxyl groups excluding tert-OH is 1. The van der Waals surface area contributed by atoms with E-state index in [9.17, 15) is 9.50 Å². The first-order valence-corrected chi connectivity index (χ1v) is 4.90. The largest absolute Gasteiger partial charge is 0.505 e. The maximum Gasteiger partial charge on any atom is 0.164 e. The van der Waals surface area contributed by atoms with Gasteiger partial charge >= 0.3 is 0 Å². The molecule has 0 saturated heterocycles. The smallest absolute Gasteiger partial charge is 0.164 e. The number of phenolic OH excluding ortho intramolecular Hbond substituents is 1. The van der Waals surface area contributed by atoms with E-state index in [1.165, 1.54) is 12.1 Å². The molecule has 0 bridgehead atoms. The lowest BCUT2D eigenvalue weighted by Crippen LogP contribution is -1.89. The molecule has 2 aromatic carbocycles. The molecule has 0 amide bonds. The van der Waals surface area contributed by atoms with Crippen LogP contribution in [0, 0.1) is 5.82 Å². The highest BCUT2D eigenvalue weighted by Crippen LogP contribution is 2.28. The fraction of sp³-hybridized carbons (Fsp3) is 0.0769. The van der Waals surface area contributed by atoms with Crippen LogP contribution in [0.5, 0.6) is 5.75 Å². The summed E-state index contributed by atoms with van der Waals surface area (Å²) < 4.78 is 12.9. The summed E-state index contributed by atoms with van der Waals surface area (Å²) in [5.74, 6) is -1.03. The molecule has 2 nitrogen and oxygen atoms in total. The molecule has 82 valence electrons. The average Bonchev–Trinajstić information content (AvgIpc) is 2.32. The van der Waals surface area contributed by atoms with E-state index in [1.807, 2.05) is 18.2 Å². The molecule has 16 heavy (non-hydrogen) atoms. The number of benzene rings is 2. The SMILES string of the molecule is OCc1ccccc1-c1ccc(F)c(O)c1. The van der Waals surface area contributed by atoms with E-state index < -0.39 is 5.82 Å². The number of rotatable bonds is 2. The summed E-state index contributed by atoms with van der Waals surface area (Å²) in [5.41, 5.74) is 2.22. The quantitative estimate of drug-likeness (QED) is 0.813. The van der Waals surface area contributed by atoms with Crippen LogP contribution in [0.25, 0.3) is 11.1 Å². The van der Waals surface area contributed by atoms with Gasteiger partial charge in [0.15, 0.2) is 11.6 Å². The molecule has 2 aromatic rings. The third-order valence-corrected chi connectivity index (χ3v) is 2.44. The summed E-state index contributed by atoms with van der Waals surface area (Å²) >= 11 is 0. The van der Waals surface area contributed by atoms with E-state index in [2.05, 4.69) is 0 Å². The third kappa shape index (κ3) is 1.90. The third-order valence-electron chi connectivity index (χ3n) is 2.44. The Morgan fingerprint density at radius 2 is 1.81 bits per heavy atom. The Balaban J connectivity index is 2.54. The molecule has 0 aliphatic rings. The molecule has 0 spiro atoms. The monoisotopic (exact) mass is 218 g/mol. The van der Waals surface area contributed by atoms with Gasteiger partial charge in [0, 0.05) is 0 Å². The lowest BCUT2D eigenvalue weighted by molar-refractivity contribution is 0.282. The molecular weight excluding hydrogens is 207 g/mol. The number of aromatic hydroxyl groups is 1. The minimum atomic E-state index is -0.648. The molecule has 0 unspecified atom stereocenters. The van der Waals surface area contributed by atoms with Crippen LogP contribution in [0.3, 0.4) is 0 Å². The van der Waals surface area contributed by atoms with E-state index in [4.69, 9.17) is 5.11 Å². The summed E-state index contributed by atoms with van der Waals surface area (Å²) in [6, 6.07) is 11.4. The predicted octanol–water partition coefficient (Wildman–Crippen LogP) is 2.69. The summed E-state index contributed by atoms with van der Waals surface area (Å²) in [6.45, 7) is -0.0890. The maximum atomic E-state index is 12.9. The molecule has 0 aliphatic carbocycles. The molecule has 0 saturated carbocycles. The summed E-state index contributed by atoms with van der Waals surface area (Å²) in [7, 11) is 0. The van der Waals surface area contributed by atoms with Crippen molar-refractivity contribution in [1.82, 2.24) is 0 Å². The molecule has 0 aromatic heterocycles. The average molecular weight is 218 g/mol. The van der Waals surface area contributed by atoms with E-state index in [0.717, 1.165) is 11.1 Å². The molecule has 0 fully saturated rings. The fourth-order valence-electron chi connectivity index (χ4n) is 1.62. The summed E-state index contributed by atoms with van der Waals surface area (Å²) in [5, 5.41) is 18.5. The van der Waals surface area contributed by atoms with Gasteiger partial charge in [-0.15, -0.1) is 0 Å². The van der Waals surface area contributed by atoms with Gasteiger partial charge in [0.1, 0.15) is 0 Å². The van der Waals surface area contributed by atoms with Crippen molar-refractivity contribution >= 4 is 0 Å². The van der Waals surface area contributed by atoms with Crippen LogP contribution in [0.1, 0.15) is 5.56 Å². The van der Waals surface area contributed by atoms with Crippen molar-refractivity contribution in [2.75, 3.05) is 0 Å². The van der Waals surface area contributed by atoms with Gasteiger partial charge in [-0.25, -0.2) is 4.39 Å². The summed E-state index contributed by atoms with van der Waals surface area (Å²) in [6.07, 6.45) is 0. The van der Waals surface area contributed by atoms with Gasteiger partial charge in [-0.2, -0.15) is 0 Å². The molecule has 0 aliphatic heterocycles. The number of hydrogen-bond acceptors (Lipinski definition) is 2. The highest BCUT2D eigenvalue weighted by molar-refractivity contribution is 5.68. The number of aliphatic hydroxyl groups is 1. The molecule has 2 rings (SSSR count). The molecule has 3 heteroatoms. The minimum Gasteiger partial charge on any atom is -0.505 e. The van der Waals surface area contributed by atoms with Crippen LogP contribution < -0.4 is 0 Å².